The monoisotopic (exact) mass is 245 g/mol. The minimum absolute atomic E-state index is 0.134. The molecule has 2 nitrogen and oxygen atoms in total. The average Bonchev–Trinajstić information content (AvgIpc) is 3.16. The summed E-state index contributed by atoms with van der Waals surface area (Å²) in [6, 6.07) is 9.13. The fraction of sp³-hybridized carbons (Fsp3) is 0.625. The summed E-state index contributed by atoms with van der Waals surface area (Å²) in [4.78, 5) is 0. The highest BCUT2D eigenvalue weighted by Crippen LogP contribution is 2.39. The van der Waals surface area contributed by atoms with E-state index in [-0.39, 0.29) is 5.54 Å². The van der Waals surface area contributed by atoms with Crippen LogP contribution in [0.25, 0.3) is 0 Å². The highest BCUT2D eigenvalue weighted by molar-refractivity contribution is 5.28. The van der Waals surface area contributed by atoms with Crippen LogP contribution in [0.1, 0.15) is 50.2 Å². The quantitative estimate of drug-likeness (QED) is 0.879. The van der Waals surface area contributed by atoms with Gasteiger partial charge in [0.05, 0.1) is 6.10 Å². The minimum Gasteiger partial charge on any atom is -0.377 e. The fourth-order valence-electron chi connectivity index (χ4n) is 2.70. The number of benzene rings is 1. The zero-order chi connectivity index (χ0) is 12.6. The summed E-state index contributed by atoms with van der Waals surface area (Å²) in [6.45, 7) is 6.25. The minimum atomic E-state index is 0.134. The number of nitrogens with one attached hydrogen (secondary N) is 1. The van der Waals surface area contributed by atoms with Crippen molar-refractivity contribution in [1.82, 2.24) is 5.32 Å². The molecule has 18 heavy (non-hydrogen) atoms. The van der Waals surface area contributed by atoms with E-state index in [1.807, 2.05) is 0 Å². The Balaban J connectivity index is 1.59. The third-order valence-electron chi connectivity index (χ3n) is 4.61. The third-order valence-corrected chi connectivity index (χ3v) is 4.61. The van der Waals surface area contributed by atoms with Crippen LogP contribution in [0.2, 0.25) is 0 Å². The smallest absolute Gasteiger partial charge is 0.0726 e. The molecule has 3 rings (SSSR count). The van der Waals surface area contributed by atoms with Gasteiger partial charge in [-0.05, 0) is 50.2 Å². The molecule has 0 bridgehead atoms. The van der Waals surface area contributed by atoms with Gasteiger partial charge in [0.15, 0.2) is 0 Å². The van der Waals surface area contributed by atoms with Crippen LogP contribution in [0.4, 0.5) is 0 Å². The summed E-state index contributed by atoms with van der Waals surface area (Å²) in [5.74, 6) is 0.854. The first-order valence-corrected chi connectivity index (χ1v) is 7.13. The van der Waals surface area contributed by atoms with Crippen molar-refractivity contribution in [3.8, 4) is 0 Å². The molecule has 1 aliphatic carbocycles. The molecule has 2 fully saturated rings. The normalized spacial score (nSPS) is 31.8. The Morgan fingerprint density at radius 1 is 1.28 bits per heavy atom. The van der Waals surface area contributed by atoms with Gasteiger partial charge in [-0.3, -0.25) is 0 Å². The number of hydrogen-bond donors (Lipinski definition) is 1. The Labute approximate surface area is 110 Å². The van der Waals surface area contributed by atoms with Crippen molar-refractivity contribution in [3.05, 3.63) is 35.4 Å². The van der Waals surface area contributed by atoms with Gasteiger partial charge in [-0.25, -0.2) is 0 Å². The Bertz CT molecular complexity index is 410. The predicted molar refractivity (Wildman–Crippen MR) is 73.7 cm³/mol. The lowest BCUT2D eigenvalue weighted by atomic mass is 9.94. The van der Waals surface area contributed by atoms with Gasteiger partial charge >= 0.3 is 0 Å². The first-order chi connectivity index (χ1) is 8.67. The topological polar surface area (TPSA) is 21.3 Å². The van der Waals surface area contributed by atoms with E-state index in [2.05, 4.69) is 43.4 Å². The summed E-state index contributed by atoms with van der Waals surface area (Å²) in [5, 5.41) is 3.66. The zero-order valence-electron chi connectivity index (χ0n) is 11.4. The van der Waals surface area contributed by atoms with E-state index < -0.39 is 0 Å². The average molecular weight is 245 g/mol. The first-order valence-electron chi connectivity index (χ1n) is 7.13. The lowest BCUT2D eigenvalue weighted by molar-refractivity contribution is 0.0881. The van der Waals surface area contributed by atoms with Crippen molar-refractivity contribution < 1.29 is 4.74 Å². The molecule has 1 N–H and O–H groups in total. The zero-order valence-corrected chi connectivity index (χ0v) is 11.4. The van der Waals surface area contributed by atoms with Crippen molar-refractivity contribution >= 4 is 0 Å². The van der Waals surface area contributed by atoms with Gasteiger partial charge in [-0.15, -0.1) is 0 Å². The van der Waals surface area contributed by atoms with E-state index >= 15 is 0 Å². The maximum Gasteiger partial charge on any atom is 0.0726 e. The van der Waals surface area contributed by atoms with Gasteiger partial charge in [0.2, 0.25) is 0 Å². The second kappa shape index (κ2) is 4.67. The van der Waals surface area contributed by atoms with Crippen LogP contribution >= 0.6 is 0 Å². The SMILES string of the molecule is CC1OCCC1(C)NCc1ccc(C2CC2)cc1. The van der Waals surface area contributed by atoms with Crippen molar-refractivity contribution in [1.29, 1.82) is 0 Å². The standard InChI is InChI=1S/C16H23NO/c1-12-16(2,9-10-18-12)17-11-13-3-5-14(6-4-13)15-7-8-15/h3-6,12,15,17H,7-11H2,1-2H3. The van der Waals surface area contributed by atoms with Gasteiger partial charge in [0.25, 0.3) is 0 Å². The van der Waals surface area contributed by atoms with Crippen LogP contribution in [-0.2, 0) is 11.3 Å². The van der Waals surface area contributed by atoms with Crippen LogP contribution in [0.15, 0.2) is 24.3 Å². The molecular weight excluding hydrogens is 222 g/mol. The lowest BCUT2D eigenvalue weighted by Gasteiger charge is -2.29. The molecule has 1 aromatic rings. The van der Waals surface area contributed by atoms with E-state index in [1.54, 1.807) is 0 Å². The summed E-state index contributed by atoms with van der Waals surface area (Å²) >= 11 is 0. The van der Waals surface area contributed by atoms with Crippen LogP contribution in [0.3, 0.4) is 0 Å². The Morgan fingerprint density at radius 2 is 2.00 bits per heavy atom. The molecule has 2 heteroatoms. The fourth-order valence-corrected chi connectivity index (χ4v) is 2.70. The lowest BCUT2D eigenvalue weighted by Crippen LogP contribution is -2.47. The number of rotatable bonds is 4. The van der Waals surface area contributed by atoms with Crippen molar-refractivity contribution in [3.63, 3.8) is 0 Å². The van der Waals surface area contributed by atoms with E-state index in [1.165, 1.54) is 24.0 Å². The molecule has 0 amide bonds. The molecule has 1 aromatic carbocycles. The van der Waals surface area contributed by atoms with Crippen LogP contribution in [-0.4, -0.2) is 18.2 Å². The number of hydrogen-bond acceptors (Lipinski definition) is 2. The molecule has 1 saturated carbocycles. The first kappa shape index (κ1) is 12.2. The number of ether oxygens (including phenoxy) is 1. The van der Waals surface area contributed by atoms with E-state index in [9.17, 15) is 0 Å². The van der Waals surface area contributed by atoms with E-state index in [0.29, 0.717) is 6.10 Å². The molecular formula is C16H23NO. The van der Waals surface area contributed by atoms with Gasteiger partial charge in [0, 0.05) is 18.7 Å². The molecule has 2 unspecified atom stereocenters. The molecule has 1 heterocycles. The molecule has 2 aliphatic rings. The maximum atomic E-state index is 5.65. The Morgan fingerprint density at radius 3 is 2.56 bits per heavy atom. The Kier molecular flexibility index (Phi) is 3.16. The molecule has 98 valence electrons. The van der Waals surface area contributed by atoms with Gasteiger partial charge in [-0.1, -0.05) is 24.3 Å². The molecule has 2 atom stereocenters. The summed E-state index contributed by atoms with van der Waals surface area (Å²) in [5.41, 5.74) is 3.03. The van der Waals surface area contributed by atoms with Crippen molar-refractivity contribution in [2.24, 2.45) is 0 Å². The Hall–Kier alpha value is -0.860. The molecule has 1 saturated heterocycles. The largest absolute Gasteiger partial charge is 0.377 e. The highest BCUT2D eigenvalue weighted by atomic mass is 16.5. The van der Waals surface area contributed by atoms with Crippen molar-refractivity contribution in [2.45, 2.75) is 57.2 Å². The second-order valence-corrected chi connectivity index (χ2v) is 6.05. The molecule has 0 radical (unpaired) electrons. The van der Waals surface area contributed by atoms with E-state index in [4.69, 9.17) is 4.74 Å². The highest BCUT2D eigenvalue weighted by Gasteiger charge is 2.36. The van der Waals surface area contributed by atoms with Gasteiger partial charge in [0.1, 0.15) is 0 Å². The molecule has 0 spiro atoms. The summed E-state index contributed by atoms with van der Waals surface area (Å²) < 4.78 is 5.65. The van der Waals surface area contributed by atoms with E-state index in [0.717, 1.165) is 25.5 Å². The van der Waals surface area contributed by atoms with Crippen LogP contribution in [0, 0.1) is 0 Å². The third kappa shape index (κ3) is 2.45. The molecule has 0 aromatic heterocycles. The van der Waals surface area contributed by atoms with Crippen LogP contribution < -0.4 is 5.32 Å². The maximum absolute atomic E-state index is 5.65. The van der Waals surface area contributed by atoms with Gasteiger partial charge < -0.3 is 10.1 Å². The van der Waals surface area contributed by atoms with Crippen molar-refractivity contribution in [2.75, 3.05) is 6.61 Å². The second-order valence-electron chi connectivity index (χ2n) is 6.05. The summed E-state index contributed by atoms with van der Waals surface area (Å²) in [7, 11) is 0. The van der Waals surface area contributed by atoms with Gasteiger partial charge in [-0.2, -0.15) is 0 Å². The predicted octanol–water partition coefficient (Wildman–Crippen LogP) is 3.22. The summed E-state index contributed by atoms with van der Waals surface area (Å²) in [6.07, 6.45) is 4.17. The van der Waals surface area contributed by atoms with Crippen LogP contribution in [0.5, 0.6) is 0 Å². The molecule has 1 aliphatic heterocycles.